The first-order valence-corrected chi connectivity index (χ1v) is 9.34. The molecule has 2 rings (SSSR count). The smallest absolute Gasteiger partial charge is 0.326 e. The highest BCUT2D eigenvalue weighted by Gasteiger charge is 2.56. The van der Waals surface area contributed by atoms with Gasteiger partial charge in [-0.1, -0.05) is 20.8 Å². The average molecular weight is 381 g/mol. The minimum atomic E-state index is -0.956. The fourth-order valence-electron chi connectivity index (χ4n) is 4.42. The highest BCUT2D eigenvalue weighted by Crippen LogP contribution is 2.46. The first kappa shape index (κ1) is 21.2. The Morgan fingerprint density at radius 2 is 1.89 bits per heavy atom. The standard InChI is InChI=1S/C19H31N3O5/c1-12-7-18(5,6)11-19(8-12)15(25)22(16(26)21-19)9-14(24)27-10-13(23)20-17(2,3)4/h12H,7-11H2,1-6H3,(H,20,23)(H,21,26)/t12-,19+/m1/s1. The molecule has 0 aromatic carbocycles. The van der Waals surface area contributed by atoms with E-state index in [-0.39, 0.29) is 17.2 Å². The molecular formula is C19H31N3O5. The second-order valence-electron chi connectivity index (χ2n) is 9.72. The Hall–Kier alpha value is -2.12. The van der Waals surface area contributed by atoms with Crippen molar-refractivity contribution in [3.05, 3.63) is 0 Å². The van der Waals surface area contributed by atoms with Gasteiger partial charge in [0.25, 0.3) is 11.8 Å². The van der Waals surface area contributed by atoms with Gasteiger partial charge >= 0.3 is 12.0 Å². The first-order valence-electron chi connectivity index (χ1n) is 9.34. The van der Waals surface area contributed by atoms with Gasteiger partial charge in [-0.25, -0.2) is 4.79 Å². The molecule has 1 spiro atoms. The summed E-state index contributed by atoms with van der Waals surface area (Å²) in [4.78, 5) is 50.0. The van der Waals surface area contributed by atoms with Crippen LogP contribution < -0.4 is 10.6 Å². The maximum absolute atomic E-state index is 12.9. The van der Waals surface area contributed by atoms with Crippen molar-refractivity contribution in [2.24, 2.45) is 11.3 Å². The van der Waals surface area contributed by atoms with Gasteiger partial charge < -0.3 is 15.4 Å². The van der Waals surface area contributed by atoms with Crippen LogP contribution in [0.25, 0.3) is 0 Å². The molecule has 0 unspecified atom stereocenters. The van der Waals surface area contributed by atoms with Crippen molar-refractivity contribution >= 4 is 23.8 Å². The fourth-order valence-corrected chi connectivity index (χ4v) is 4.42. The third-order valence-electron chi connectivity index (χ3n) is 4.79. The van der Waals surface area contributed by atoms with Gasteiger partial charge in [0.1, 0.15) is 12.1 Å². The van der Waals surface area contributed by atoms with Crippen LogP contribution in [0.4, 0.5) is 4.79 Å². The highest BCUT2D eigenvalue weighted by atomic mass is 16.5. The molecule has 0 radical (unpaired) electrons. The Morgan fingerprint density at radius 1 is 1.26 bits per heavy atom. The number of nitrogens with zero attached hydrogens (tertiary/aromatic N) is 1. The van der Waals surface area contributed by atoms with E-state index in [1.54, 1.807) is 0 Å². The number of imide groups is 1. The number of esters is 1. The third-order valence-corrected chi connectivity index (χ3v) is 4.79. The molecule has 4 amide bonds. The predicted molar refractivity (Wildman–Crippen MR) is 98.6 cm³/mol. The van der Waals surface area contributed by atoms with Gasteiger partial charge in [0, 0.05) is 5.54 Å². The topological polar surface area (TPSA) is 105 Å². The number of hydrogen-bond donors (Lipinski definition) is 2. The van der Waals surface area contributed by atoms with Crippen LogP contribution in [0.2, 0.25) is 0 Å². The number of ether oxygens (including phenoxy) is 1. The molecule has 0 bridgehead atoms. The van der Waals surface area contributed by atoms with Crippen LogP contribution in [0.15, 0.2) is 0 Å². The lowest BCUT2D eigenvalue weighted by Crippen LogP contribution is -2.54. The fraction of sp³-hybridized carbons (Fsp3) is 0.789. The quantitative estimate of drug-likeness (QED) is 0.568. The highest BCUT2D eigenvalue weighted by molar-refractivity contribution is 6.08. The lowest BCUT2D eigenvalue weighted by molar-refractivity contribution is -0.151. The van der Waals surface area contributed by atoms with Gasteiger partial charge in [-0.05, 0) is 51.4 Å². The summed E-state index contributed by atoms with van der Waals surface area (Å²) in [5.41, 5.74) is -1.48. The molecule has 0 aromatic rings. The van der Waals surface area contributed by atoms with Crippen molar-refractivity contribution in [3.8, 4) is 0 Å². The Balaban J connectivity index is 1.97. The molecule has 1 heterocycles. The molecule has 2 N–H and O–H groups in total. The van der Waals surface area contributed by atoms with Crippen LogP contribution in [0.1, 0.15) is 60.8 Å². The predicted octanol–water partition coefficient (Wildman–Crippen LogP) is 1.58. The summed E-state index contributed by atoms with van der Waals surface area (Å²) < 4.78 is 4.92. The Morgan fingerprint density at radius 3 is 2.44 bits per heavy atom. The zero-order valence-corrected chi connectivity index (χ0v) is 17.1. The summed E-state index contributed by atoms with van der Waals surface area (Å²) in [6.45, 7) is 10.7. The molecule has 2 atom stereocenters. The molecule has 8 nitrogen and oxygen atoms in total. The molecule has 1 aliphatic carbocycles. The number of urea groups is 1. The van der Waals surface area contributed by atoms with E-state index < -0.39 is 42.1 Å². The van der Waals surface area contributed by atoms with Crippen molar-refractivity contribution in [1.82, 2.24) is 15.5 Å². The second kappa shape index (κ2) is 7.13. The average Bonchev–Trinajstić information content (AvgIpc) is 2.65. The number of carbonyl (C=O) groups excluding carboxylic acids is 4. The van der Waals surface area contributed by atoms with Crippen LogP contribution in [0.5, 0.6) is 0 Å². The van der Waals surface area contributed by atoms with Gasteiger partial charge in [0.15, 0.2) is 6.61 Å². The third kappa shape index (κ3) is 5.20. The van der Waals surface area contributed by atoms with E-state index in [0.29, 0.717) is 12.8 Å². The zero-order chi connectivity index (χ0) is 20.6. The SMILES string of the molecule is C[C@@H]1CC(C)(C)C[C@]2(C1)NC(=O)N(CC(=O)OCC(=O)NC(C)(C)C)C2=O. The summed E-state index contributed by atoms with van der Waals surface area (Å²) >= 11 is 0. The molecule has 1 saturated heterocycles. The zero-order valence-electron chi connectivity index (χ0n) is 17.1. The molecule has 27 heavy (non-hydrogen) atoms. The summed E-state index contributed by atoms with van der Waals surface area (Å²) in [6, 6.07) is -0.582. The first-order chi connectivity index (χ1) is 12.2. The van der Waals surface area contributed by atoms with Crippen LogP contribution in [0.3, 0.4) is 0 Å². The monoisotopic (exact) mass is 381 g/mol. The van der Waals surface area contributed by atoms with E-state index in [0.717, 1.165) is 11.3 Å². The molecule has 152 valence electrons. The summed E-state index contributed by atoms with van der Waals surface area (Å²) in [6.07, 6.45) is 2.07. The van der Waals surface area contributed by atoms with Crippen molar-refractivity contribution in [2.45, 2.75) is 71.9 Å². The normalized spacial score (nSPS) is 27.5. The molecule has 2 aliphatic rings. The van der Waals surface area contributed by atoms with Gasteiger partial charge in [-0.3, -0.25) is 19.3 Å². The number of hydrogen-bond acceptors (Lipinski definition) is 5. The van der Waals surface area contributed by atoms with Crippen LogP contribution >= 0.6 is 0 Å². The van der Waals surface area contributed by atoms with Crippen LogP contribution in [-0.2, 0) is 19.1 Å². The van der Waals surface area contributed by atoms with Gasteiger partial charge in [-0.2, -0.15) is 0 Å². The Bertz CT molecular complexity index is 652. The molecule has 2 fully saturated rings. The number of rotatable bonds is 4. The van der Waals surface area contributed by atoms with E-state index >= 15 is 0 Å². The van der Waals surface area contributed by atoms with E-state index in [2.05, 4.69) is 31.4 Å². The van der Waals surface area contributed by atoms with Crippen molar-refractivity contribution in [3.63, 3.8) is 0 Å². The van der Waals surface area contributed by atoms with E-state index in [4.69, 9.17) is 4.74 Å². The van der Waals surface area contributed by atoms with E-state index in [1.807, 2.05) is 20.8 Å². The number of nitrogens with one attached hydrogen (secondary N) is 2. The van der Waals surface area contributed by atoms with Crippen LogP contribution in [0, 0.1) is 11.3 Å². The molecular weight excluding hydrogens is 350 g/mol. The molecule has 8 heteroatoms. The largest absolute Gasteiger partial charge is 0.454 e. The second-order valence-corrected chi connectivity index (χ2v) is 9.72. The molecule has 0 aromatic heterocycles. The van der Waals surface area contributed by atoms with Crippen molar-refractivity contribution < 1.29 is 23.9 Å². The van der Waals surface area contributed by atoms with Gasteiger partial charge in [-0.15, -0.1) is 0 Å². The maximum Gasteiger partial charge on any atom is 0.326 e. The van der Waals surface area contributed by atoms with Crippen molar-refractivity contribution in [2.75, 3.05) is 13.2 Å². The summed E-state index contributed by atoms with van der Waals surface area (Å²) in [7, 11) is 0. The van der Waals surface area contributed by atoms with Crippen molar-refractivity contribution in [1.29, 1.82) is 0 Å². The Labute approximate surface area is 160 Å². The maximum atomic E-state index is 12.9. The van der Waals surface area contributed by atoms with Crippen LogP contribution in [-0.4, -0.2) is 52.9 Å². The lowest BCUT2D eigenvalue weighted by atomic mass is 9.64. The van der Waals surface area contributed by atoms with E-state index in [9.17, 15) is 19.2 Å². The van der Waals surface area contributed by atoms with Gasteiger partial charge in [0.05, 0.1) is 0 Å². The molecule has 1 aliphatic heterocycles. The minimum Gasteiger partial charge on any atom is -0.454 e. The molecule has 1 saturated carbocycles. The lowest BCUT2D eigenvalue weighted by Gasteiger charge is -2.43. The summed E-state index contributed by atoms with van der Waals surface area (Å²) in [5, 5.41) is 5.48. The van der Waals surface area contributed by atoms with E-state index in [1.165, 1.54) is 0 Å². The summed E-state index contributed by atoms with van der Waals surface area (Å²) in [5.74, 6) is -1.33. The van der Waals surface area contributed by atoms with Gasteiger partial charge in [0.2, 0.25) is 0 Å². The minimum absolute atomic E-state index is 0.0812. The number of carbonyl (C=O) groups is 4. The Kier molecular flexibility index (Phi) is 5.59. The number of amides is 4.